The SMILES string of the molecule is COc1cc(CCN)cc(Br)c1OCCCCC#N. The zero-order valence-electron chi connectivity index (χ0n) is 11.1. The summed E-state index contributed by atoms with van der Waals surface area (Å²) in [6, 6.07) is 6.07. The van der Waals surface area contributed by atoms with Gasteiger partial charge in [0.05, 0.1) is 24.3 Å². The van der Waals surface area contributed by atoms with Gasteiger partial charge in [-0.3, -0.25) is 0 Å². The van der Waals surface area contributed by atoms with Gasteiger partial charge < -0.3 is 15.2 Å². The van der Waals surface area contributed by atoms with Gasteiger partial charge in [0.15, 0.2) is 11.5 Å². The van der Waals surface area contributed by atoms with E-state index in [4.69, 9.17) is 20.5 Å². The Hall–Kier alpha value is -1.25. The van der Waals surface area contributed by atoms with Crippen LogP contribution in [0, 0.1) is 11.3 Å². The molecule has 1 aromatic carbocycles. The molecule has 104 valence electrons. The molecule has 0 fully saturated rings. The molecule has 1 aromatic rings. The number of halogens is 1. The van der Waals surface area contributed by atoms with Crippen molar-refractivity contribution < 1.29 is 9.47 Å². The largest absolute Gasteiger partial charge is 0.493 e. The maximum atomic E-state index is 8.46. The molecule has 4 nitrogen and oxygen atoms in total. The molecule has 0 amide bonds. The highest BCUT2D eigenvalue weighted by Crippen LogP contribution is 2.36. The van der Waals surface area contributed by atoms with Crippen LogP contribution in [0.4, 0.5) is 0 Å². The van der Waals surface area contributed by atoms with Crippen molar-refractivity contribution in [2.75, 3.05) is 20.3 Å². The minimum absolute atomic E-state index is 0.567. The number of methoxy groups -OCH3 is 1. The van der Waals surface area contributed by atoms with Crippen LogP contribution in [0.25, 0.3) is 0 Å². The summed E-state index contributed by atoms with van der Waals surface area (Å²) in [4.78, 5) is 0. The Bertz CT molecular complexity index is 444. The normalized spacial score (nSPS) is 10.0. The molecule has 19 heavy (non-hydrogen) atoms. The van der Waals surface area contributed by atoms with Gasteiger partial charge in [0.1, 0.15) is 0 Å². The number of ether oxygens (including phenoxy) is 2. The first-order valence-electron chi connectivity index (χ1n) is 6.29. The van der Waals surface area contributed by atoms with Crippen molar-refractivity contribution in [2.45, 2.75) is 25.7 Å². The van der Waals surface area contributed by atoms with Crippen molar-refractivity contribution in [3.63, 3.8) is 0 Å². The molecule has 0 unspecified atom stereocenters. The number of nitriles is 1. The molecule has 0 aliphatic carbocycles. The van der Waals surface area contributed by atoms with Crippen molar-refractivity contribution in [1.29, 1.82) is 5.26 Å². The van der Waals surface area contributed by atoms with E-state index < -0.39 is 0 Å². The van der Waals surface area contributed by atoms with E-state index in [2.05, 4.69) is 22.0 Å². The fourth-order valence-electron chi connectivity index (χ4n) is 1.70. The molecular formula is C14H19BrN2O2. The summed E-state index contributed by atoms with van der Waals surface area (Å²) in [6.45, 7) is 1.18. The minimum Gasteiger partial charge on any atom is -0.493 e. The minimum atomic E-state index is 0.567. The lowest BCUT2D eigenvalue weighted by Gasteiger charge is -2.14. The van der Waals surface area contributed by atoms with E-state index in [0.717, 1.165) is 29.3 Å². The number of nitrogens with zero attached hydrogens (tertiary/aromatic N) is 1. The van der Waals surface area contributed by atoms with Gasteiger partial charge >= 0.3 is 0 Å². The molecule has 0 saturated carbocycles. The Kier molecular flexibility index (Phi) is 7.31. The maximum Gasteiger partial charge on any atom is 0.175 e. The zero-order chi connectivity index (χ0) is 14.1. The third kappa shape index (κ3) is 5.09. The van der Waals surface area contributed by atoms with Crippen LogP contribution in [-0.4, -0.2) is 20.3 Å². The fourth-order valence-corrected chi connectivity index (χ4v) is 2.31. The van der Waals surface area contributed by atoms with Gasteiger partial charge in [-0.1, -0.05) is 0 Å². The number of hydrogen-bond donors (Lipinski definition) is 1. The molecule has 0 radical (unpaired) electrons. The van der Waals surface area contributed by atoms with E-state index in [1.54, 1.807) is 7.11 Å². The number of hydrogen-bond acceptors (Lipinski definition) is 4. The average molecular weight is 327 g/mol. The highest BCUT2D eigenvalue weighted by Gasteiger charge is 2.11. The van der Waals surface area contributed by atoms with Crippen LogP contribution >= 0.6 is 15.9 Å². The van der Waals surface area contributed by atoms with Gasteiger partial charge in [0.2, 0.25) is 0 Å². The molecule has 0 spiro atoms. The Labute approximate surface area is 122 Å². The van der Waals surface area contributed by atoms with Crippen LogP contribution in [0.3, 0.4) is 0 Å². The van der Waals surface area contributed by atoms with Crippen LogP contribution in [0.2, 0.25) is 0 Å². The molecule has 0 aliphatic rings. The Morgan fingerprint density at radius 1 is 1.37 bits per heavy atom. The molecule has 0 aliphatic heterocycles. The van der Waals surface area contributed by atoms with Crippen LogP contribution in [0.15, 0.2) is 16.6 Å². The van der Waals surface area contributed by atoms with Gasteiger partial charge in [-0.05, 0) is 59.4 Å². The third-order valence-corrected chi connectivity index (χ3v) is 3.24. The van der Waals surface area contributed by atoms with E-state index in [9.17, 15) is 0 Å². The van der Waals surface area contributed by atoms with E-state index >= 15 is 0 Å². The third-order valence-electron chi connectivity index (χ3n) is 2.65. The Morgan fingerprint density at radius 2 is 2.16 bits per heavy atom. The quantitative estimate of drug-likeness (QED) is 0.745. The maximum absolute atomic E-state index is 8.46. The summed E-state index contributed by atoms with van der Waals surface area (Å²) in [5, 5.41) is 8.46. The summed E-state index contributed by atoms with van der Waals surface area (Å²) in [5.41, 5.74) is 6.67. The van der Waals surface area contributed by atoms with Crippen LogP contribution in [0.1, 0.15) is 24.8 Å². The lowest BCUT2D eigenvalue weighted by molar-refractivity contribution is 0.285. The highest BCUT2D eigenvalue weighted by molar-refractivity contribution is 9.10. The van der Waals surface area contributed by atoms with Gasteiger partial charge in [-0.15, -0.1) is 0 Å². The first kappa shape index (κ1) is 15.8. The Morgan fingerprint density at radius 3 is 2.79 bits per heavy atom. The van der Waals surface area contributed by atoms with E-state index in [1.165, 1.54) is 0 Å². The lowest BCUT2D eigenvalue weighted by Crippen LogP contribution is -2.04. The predicted octanol–water partition coefficient (Wildman–Crippen LogP) is 3.03. The van der Waals surface area contributed by atoms with Gasteiger partial charge in [0, 0.05) is 6.42 Å². The summed E-state index contributed by atoms with van der Waals surface area (Å²) in [5.74, 6) is 1.42. The first-order chi connectivity index (χ1) is 9.22. The number of benzene rings is 1. The van der Waals surface area contributed by atoms with Crippen LogP contribution in [0.5, 0.6) is 11.5 Å². The Balaban J connectivity index is 2.68. The van der Waals surface area contributed by atoms with E-state index in [-0.39, 0.29) is 0 Å². The van der Waals surface area contributed by atoms with Crippen LogP contribution < -0.4 is 15.2 Å². The molecule has 0 bridgehead atoms. The van der Waals surface area contributed by atoms with Gasteiger partial charge in [-0.25, -0.2) is 0 Å². The molecule has 0 atom stereocenters. The summed E-state index contributed by atoms with van der Waals surface area (Å²) >= 11 is 3.49. The van der Waals surface area contributed by atoms with E-state index in [1.807, 2.05) is 12.1 Å². The van der Waals surface area contributed by atoms with Crippen LogP contribution in [-0.2, 0) is 6.42 Å². The number of rotatable bonds is 8. The summed E-state index contributed by atoms with van der Waals surface area (Å²) in [6.07, 6.45) is 3.07. The molecule has 2 N–H and O–H groups in total. The highest BCUT2D eigenvalue weighted by atomic mass is 79.9. The van der Waals surface area contributed by atoms with Crippen molar-refractivity contribution in [3.8, 4) is 17.6 Å². The van der Waals surface area contributed by atoms with Gasteiger partial charge in [-0.2, -0.15) is 5.26 Å². The average Bonchev–Trinajstić information content (AvgIpc) is 2.40. The van der Waals surface area contributed by atoms with E-state index in [0.29, 0.717) is 31.1 Å². The zero-order valence-corrected chi connectivity index (χ0v) is 12.7. The number of nitrogens with two attached hydrogens (primary N) is 1. The van der Waals surface area contributed by atoms with Crippen molar-refractivity contribution >= 4 is 15.9 Å². The lowest BCUT2D eigenvalue weighted by atomic mass is 10.1. The molecule has 5 heteroatoms. The molecule has 0 aromatic heterocycles. The smallest absolute Gasteiger partial charge is 0.175 e. The summed E-state index contributed by atoms with van der Waals surface area (Å²) < 4.78 is 11.9. The second kappa shape index (κ2) is 8.78. The first-order valence-corrected chi connectivity index (χ1v) is 7.08. The summed E-state index contributed by atoms with van der Waals surface area (Å²) in [7, 11) is 1.62. The monoisotopic (exact) mass is 326 g/mol. The van der Waals surface area contributed by atoms with Crippen molar-refractivity contribution in [2.24, 2.45) is 5.73 Å². The topological polar surface area (TPSA) is 68.3 Å². The predicted molar refractivity (Wildman–Crippen MR) is 78.4 cm³/mol. The molecular weight excluding hydrogens is 308 g/mol. The van der Waals surface area contributed by atoms with Crippen molar-refractivity contribution in [3.05, 3.63) is 22.2 Å². The fraction of sp³-hybridized carbons (Fsp3) is 0.500. The second-order valence-corrected chi connectivity index (χ2v) is 4.97. The molecule has 0 saturated heterocycles. The van der Waals surface area contributed by atoms with Crippen molar-refractivity contribution in [1.82, 2.24) is 0 Å². The second-order valence-electron chi connectivity index (χ2n) is 4.11. The molecule has 0 heterocycles. The standard InChI is InChI=1S/C14H19BrN2O2/c1-18-13-10-11(5-7-17)9-12(15)14(13)19-8-4-2-3-6-16/h9-10H,2-5,7-8,17H2,1H3. The van der Waals surface area contributed by atoms with Gasteiger partial charge in [0.25, 0.3) is 0 Å². The number of unbranched alkanes of at least 4 members (excludes halogenated alkanes) is 2. The molecule has 1 rings (SSSR count).